The van der Waals surface area contributed by atoms with Crippen LogP contribution in [0.25, 0.3) is 0 Å². The maximum absolute atomic E-state index is 5.73. The number of hydrogen-bond acceptors (Lipinski definition) is 3. The molecule has 0 spiro atoms. The van der Waals surface area contributed by atoms with Gasteiger partial charge in [0.2, 0.25) is 0 Å². The summed E-state index contributed by atoms with van der Waals surface area (Å²) in [6, 6.07) is 0. The van der Waals surface area contributed by atoms with Crippen LogP contribution in [0, 0.1) is 6.92 Å². The molecule has 0 saturated carbocycles. The molecular formula is C12H21N3O. The molecule has 1 aromatic heterocycles. The van der Waals surface area contributed by atoms with Gasteiger partial charge in [-0.15, -0.1) is 0 Å². The van der Waals surface area contributed by atoms with Crippen molar-refractivity contribution in [3.63, 3.8) is 0 Å². The van der Waals surface area contributed by atoms with Crippen molar-refractivity contribution in [3.05, 3.63) is 17.5 Å². The average molecular weight is 223 g/mol. The summed E-state index contributed by atoms with van der Waals surface area (Å²) in [5.74, 6) is 0. The third-order valence-corrected chi connectivity index (χ3v) is 3.45. The summed E-state index contributed by atoms with van der Waals surface area (Å²) >= 11 is 0. The maximum Gasteiger partial charge on any atom is 0.0779 e. The highest BCUT2D eigenvalue weighted by molar-refractivity contribution is 5.15. The van der Waals surface area contributed by atoms with Crippen molar-refractivity contribution in [1.29, 1.82) is 0 Å². The third kappa shape index (κ3) is 2.44. The van der Waals surface area contributed by atoms with Gasteiger partial charge in [0.25, 0.3) is 0 Å². The normalized spacial score (nSPS) is 25.2. The minimum absolute atomic E-state index is 0.0378. The summed E-state index contributed by atoms with van der Waals surface area (Å²) in [4.78, 5) is 0. The van der Waals surface area contributed by atoms with Crippen molar-refractivity contribution >= 4 is 0 Å². The average Bonchev–Trinajstić information content (AvgIpc) is 2.80. The quantitative estimate of drug-likeness (QED) is 0.838. The second kappa shape index (κ2) is 4.55. The van der Waals surface area contributed by atoms with Gasteiger partial charge in [0.05, 0.1) is 11.8 Å². The van der Waals surface area contributed by atoms with E-state index in [0.717, 1.165) is 26.1 Å². The fraction of sp³-hybridized carbons (Fsp3) is 0.750. The third-order valence-electron chi connectivity index (χ3n) is 3.45. The van der Waals surface area contributed by atoms with Crippen molar-refractivity contribution < 1.29 is 4.74 Å². The lowest BCUT2D eigenvalue weighted by atomic mass is 10.0. The van der Waals surface area contributed by atoms with Crippen LogP contribution < -0.4 is 5.32 Å². The topological polar surface area (TPSA) is 39.1 Å². The minimum atomic E-state index is 0.0378. The fourth-order valence-electron chi connectivity index (χ4n) is 2.16. The molecule has 2 rings (SSSR count). The molecule has 2 heterocycles. The standard InChI is InChI=1S/C12H21N3O/c1-10-11(8-14-15(10)3)7-13-9-12(2)5-4-6-16-12/h8,13H,4-7,9H2,1-3H3. The molecule has 1 aliphatic rings. The summed E-state index contributed by atoms with van der Waals surface area (Å²) in [5.41, 5.74) is 2.53. The summed E-state index contributed by atoms with van der Waals surface area (Å²) in [5, 5.41) is 7.69. The molecule has 1 fully saturated rings. The summed E-state index contributed by atoms with van der Waals surface area (Å²) < 4.78 is 7.64. The zero-order valence-corrected chi connectivity index (χ0v) is 10.4. The van der Waals surface area contributed by atoms with Crippen LogP contribution >= 0.6 is 0 Å². The van der Waals surface area contributed by atoms with Gasteiger partial charge in [0.1, 0.15) is 0 Å². The van der Waals surface area contributed by atoms with Crippen LogP contribution in [0.5, 0.6) is 0 Å². The Kier molecular flexibility index (Phi) is 3.30. The van der Waals surface area contributed by atoms with E-state index in [0.29, 0.717) is 0 Å². The Morgan fingerprint density at radius 3 is 3.00 bits per heavy atom. The van der Waals surface area contributed by atoms with Crippen LogP contribution in [0.15, 0.2) is 6.20 Å². The van der Waals surface area contributed by atoms with E-state index < -0.39 is 0 Å². The molecule has 1 unspecified atom stereocenters. The zero-order valence-electron chi connectivity index (χ0n) is 10.4. The van der Waals surface area contributed by atoms with Crippen molar-refractivity contribution in [2.45, 2.75) is 38.8 Å². The van der Waals surface area contributed by atoms with Gasteiger partial charge in [-0.1, -0.05) is 0 Å². The molecule has 0 aromatic carbocycles. The van der Waals surface area contributed by atoms with E-state index >= 15 is 0 Å². The Labute approximate surface area is 97.0 Å². The Morgan fingerprint density at radius 1 is 1.62 bits per heavy atom. The second-order valence-electron chi connectivity index (χ2n) is 4.88. The summed E-state index contributed by atoms with van der Waals surface area (Å²) in [6.45, 7) is 6.98. The van der Waals surface area contributed by atoms with E-state index in [1.807, 2.05) is 17.9 Å². The van der Waals surface area contributed by atoms with Crippen molar-refractivity contribution in [2.24, 2.45) is 7.05 Å². The SMILES string of the molecule is Cc1c(CNCC2(C)CCCO2)cnn1C. The van der Waals surface area contributed by atoms with Crippen LogP contribution in [0.1, 0.15) is 31.0 Å². The van der Waals surface area contributed by atoms with E-state index in [-0.39, 0.29) is 5.60 Å². The van der Waals surface area contributed by atoms with Gasteiger partial charge in [0.15, 0.2) is 0 Å². The highest BCUT2D eigenvalue weighted by Crippen LogP contribution is 2.24. The first kappa shape index (κ1) is 11.6. The number of aromatic nitrogens is 2. The van der Waals surface area contributed by atoms with E-state index in [9.17, 15) is 0 Å². The second-order valence-corrected chi connectivity index (χ2v) is 4.88. The van der Waals surface area contributed by atoms with Gasteiger partial charge in [-0.3, -0.25) is 4.68 Å². The lowest BCUT2D eigenvalue weighted by molar-refractivity contribution is 0.0206. The maximum atomic E-state index is 5.73. The monoisotopic (exact) mass is 223 g/mol. The Morgan fingerprint density at radius 2 is 2.44 bits per heavy atom. The van der Waals surface area contributed by atoms with Crippen LogP contribution in [0.3, 0.4) is 0 Å². The molecule has 16 heavy (non-hydrogen) atoms. The van der Waals surface area contributed by atoms with E-state index in [4.69, 9.17) is 4.74 Å². The highest BCUT2D eigenvalue weighted by Gasteiger charge is 2.28. The first-order valence-corrected chi connectivity index (χ1v) is 5.93. The molecule has 1 aliphatic heterocycles. The molecule has 1 atom stereocenters. The molecule has 1 saturated heterocycles. The number of nitrogens with zero attached hydrogens (tertiary/aromatic N) is 2. The van der Waals surface area contributed by atoms with Gasteiger partial charge in [-0.25, -0.2) is 0 Å². The summed E-state index contributed by atoms with van der Waals surface area (Å²) in [7, 11) is 1.97. The first-order chi connectivity index (χ1) is 7.61. The van der Waals surface area contributed by atoms with Gasteiger partial charge in [-0.2, -0.15) is 5.10 Å². The van der Waals surface area contributed by atoms with E-state index in [1.165, 1.54) is 17.7 Å². The number of aryl methyl sites for hydroxylation is 1. The Bertz CT molecular complexity index is 353. The Hall–Kier alpha value is -0.870. The lowest BCUT2D eigenvalue weighted by Gasteiger charge is -2.23. The predicted octanol–water partition coefficient (Wildman–Crippen LogP) is 1.39. The number of hydrogen-bond donors (Lipinski definition) is 1. The van der Waals surface area contributed by atoms with Crippen LogP contribution in [-0.4, -0.2) is 28.5 Å². The van der Waals surface area contributed by atoms with Gasteiger partial charge in [-0.05, 0) is 26.7 Å². The minimum Gasteiger partial charge on any atom is -0.374 e. The molecule has 0 aliphatic carbocycles. The molecule has 0 bridgehead atoms. The van der Waals surface area contributed by atoms with E-state index in [2.05, 4.69) is 24.3 Å². The summed E-state index contributed by atoms with van der Waals surface area (Å²) in [6.07, 6.45) is 4.27. The smallest absolute Gasteiger partial charge is 0.0779 e. The van der Waals surface area contributed by atoms with Crippen LogP contribution in [0.4, 0.5) is 0 Å². The molecule has 1 N–H and O–H groups in total. The molecule has 0 amide bonds. The zero-order chi connectivity index (χ0) is 11.6. The number of ether oxygens (including phenoxy) is 1. The molecular weight excluding hydrogens is 202 g/mol. The van der Waals surface area contributed by atoms with E-state index in [1.54, 1.807) is 0 Å². The van der Waals surface area contributed by atoms with Crippen molar-refractivity contribution in [2.75, 3.05) is 13.2 Å². The molecule has 4 nitrogen and oxygen atoms in total. The van der Waals surface area contributed by atoms with Crippen molar-refractivity contribution in [3.8, 4) is 0 Å². The van der Waals surface area contributed by atoms with Gasteiger partial charge in [0, 0.05) is 38.0 Å². The van der Waals surface area contributed by atoms with Crippen LogP contribution in [-0.2, 0) is 18.3 Å². The number of rotatable bonds is 4. The number of nitrogens with one attached hydrogen (secondary N) is 1. The lowest BCUT2D eigenvalue weighted by Crippen LogP contribution is -2.36. The Balaban J connectivity index is 1.82. The van der Waals surface area contributed by atoms with Gasteiger partial charge >= 0.3 is 0 Å². The first-order valence-electron chi connectivity index (χ1n) is 5.93. The fourth-order valence-corrected chi connectivity index (χ4v) is 2.16. The highest BCUT2D eigenvalue weighted by atomic mass is 16.5. The predicted molar refractivity (Wildman–Crippen MR) is 63.2 cm³/mol. The molecule has 90 valence electrons. The largest absolute Gasteiger partial charge is 0.374 e. The van der Waals surface area contributed by atoms with Crippen molar-refractivity contribution in [1.82, 2.24) is 15.1 Å². The molecule has 4 heteroatoms. The van der Waals surface area contributed by atoms with Crippen LogP contribution in [0.2, 0.25) is 0 Å². The molecule has 0 radical (unpaired) electrons. The van der Waals surface area contributed by atoms with Gasteiger partial charge < -0.3 is 10.1 Å². The molecule has 1 aromatic rings.